The highest BCUT2D eigenvalue weighted by Gasteiger charge is 2.55. The first kappa shape index (κ1) is 13.3. The highest BCUT2D eigenvalue weighted by molar-refractivity contribution is 5.20. The van der Waals surface area contributed by atoms with Gasteiger partial charge in [-0.25, -0.2) is 0 Å². The SMILES string of the molecule is C[C@]12CC[C@H]3[C@@H](CC=C4C[C@H](O)CC[C@@H]43)[C@@H]1CC[C@H]2O. The first-order valence-electron chi connectivity index (χ1n) is 8.64. The number of fused-ring (bicyclic) bond motifs is 5. The average Bonchev–Trinajstić information content (AvgIpc) is 2.74. The molecule has 0 bridgehead atoms. The molecule has 0 saturated heterocycles. The Labute approximate surface area is 122 Å². The van der Waals surface area contributed by atoms with Crippen LogP contribution in [0.2, 0.25) is 0 Å². The van der Waals surface area contributed by atoms with Crippen LogP contribution in [0.1, 0.15) is 58.3 Å². The normalized spacial score (nSPS) is 54.6. The van der Waals surface area contributed by atoms with E-state index in [4.69, 9.17) is 0 Å². The highest BCUT2D eigenvalue weighted by atomic mass is 16.3. The van der Waals surface area contributed by atoms with Crippen LogP contribution in [-0.4, -0.2) is 22.4 Å². The zero-order valence-corrected chi connectivity index (χ0v) is 12.6. The van der Waals surface area contributed by atoms with E-state index >= 15 is 0 Å². The molecule has 7 atom stereocenters. The highest BCUT2D eigenvalue weighted by Crippen LogP contribution is 2.61. The average molecular weight is 276 g/mol. The summed E-state index contributed by atoms with van der Waals surface area (Å²) >= 11 is 0. The lowest BCUT2D eigenvalue weighted by molar-refractivity contribution is -0.0499. The van der Waals surface area contributed by atoms with Gasteiger partial charge >= 0.3 is 0 Å². The van der Waals surface area contributed by atoms with Gasteiger partial charge in [-0.3, -0.25) is 0 Å². The monoisotopic (exact) mass is 276 g/mol. The molecule has 4 rings (SSSR count). The van der Waals surface area contributed by atoms with Gasteiger partial charge in [-0.15, -0.1) is 0 Å². The lowest BCUT2D eigenvalue weighted by Gasteiger charge is -2.53. The third-order valence-corrected chi connectivity index (χ3v) is 7.37. The summed E-state index contributed by atoms with van der Waals surface area (Å²) in [5.74, 6) is 3.13. The van der Waals surface area contributed by atoms with Gasteiger partial charge in [-0.2, -0.15) is 0 Å². The summed E-state index contributed by atoms with van der Waals surface area (Å²) < 4.78 is 0. The first-order chi connectivity index (χ1) is 9.59. The molecule has 0 aromatic rings. The third-order valence-electron chi connectivity index (χ3n) is 7.37. The van der Waals surface area contributed by atoms with Crippen LogP contribution in [0.15, 0.2) is 11.6 Å². The molecule has 2 nitrogen and oxygen atoms in total. The van der Waals surface area contributed by atoms with Crippen LogP contribution in [0.5, 0.6) is 0 Å². The molecular weight excluding hydrogens is 248 g/mol. The topological polar surface area (TPSA) is 40.5 Å². The molecule has 3 saturated carbocycles. The molecule has 20 heavy (non-hydrogen) atoms. The molecular formula is C18H28O2. The van der Waals surface area contributed by atoms with E-state index in [-0.39, 0.29) is 17.6 Å². The molecule has 0 aromatic carbocycles. The number of hydrogen-bond acceptors (Lipinski definition) is 2. The summed E-state index contributed by atoms with van der Waals surface area (Å²) in [7, 11) is 0. The fourth-order valence-corrected chi connectivity index (χ4v) is 6.22. The van der Waals surface area contributed by atoms with Gasteiger partial charge in [0.05, 0.1) is 12.2 Å². The third kappa shape index (κ3) is 1.77. The van der Waals surface area contributed by atoms with Crippen molar-refractivity contribution in [3.8, 4) is 0 Å². The van der Waals surface area contributed by atoms with Gasteiger partial charge < -0.3 is 10.2 Å². The van der Waals surface area contributed by atoms with Gasteiger partial charge in [0.15, 0.2) is 0 Å². The second-order valence-electron chi connectivity index (χ2n) is 8.13. The summed E-state index contributed by atoms with van der Waals surface area (Å²) in [6.07, 6.45) is 11.4. The van der Waals surface area contributed by atoms with E-state index in [2.05, 4.69) is 13.0 Å². The van der Waals surface area contributed by atoms with Crippen LogP contribution in [0.3, 0.4) is 0 Å². The predicted octanol–water partition coefficient (Wildman–Crippen LogP) is 3.28. The number of aliphatic hydroxyl groups excluding tert-OH is 2. The summed E-state index contributed by atoms with van der Waals surface area (Å²) in [6, 6.07) is 0. The van der Waals surface area contributed by atoms with Crippen molar-refractivity contribution >= 4 is 0 Å². The summed E-state index contributed by atoms with van der Waals surface area (Å²) in [5.41, 5.74) is 1.76. The van der Waals surface area contributed by atoms with Crippen LogP contribution in [0, 0.1) is 29.1 Å². The van der Waals surface area contributed by atoms with Crippen LogP contribution in [0.25, 0.3) is 0 Å². The molecule has 3 fully saturated rings. The Morgan fingerprint density at radius 3 is 2.75 bits per heavy atom. The minimum atomic E-state index is -0.0868. The zero-order chi connectivity index (χ0) is 13.9. The molecule has 2 N–H and O–H groups in total. The van der Waals surface area contributed by atoms with Crippen molar-refractivity contribution in [3.05, 3.63) is 11.6 Å². The van der Waals surface area contributed by atoms with Gasteiger partial charge in [0.1, 0.15) is 0 Å². The smallest absolute Gasteiger partial charge is 0.0596 e. The van der Waals surface area contributed by atoms with E-state index in [1.54, 1.807) is 5.57 Å². The fraction of sp³-hybridized carbons (Fsp3) is 0.889. The van der Waals surface area contributed by atoms with Crippen LogP contribution < -0.4 is 0 Å². The molecule has 0 heterocycles. The van der Waals surface area contributed by atoms with Gasteiger partial charge in [-0.1, -0.05) is 18.6 Å². The van der Waals surface area contributed by atoms with E-state index in [1.807, 2.05) is 0 Å². The lowest BCUT2D eigenvalue weighted by Crippen LogP contribution is -2.47. The molecule has 0 unspecified atom stereocenters. The van der Waals surface area contributed by atoms with Gasteiger partial charge in [0.2, 0.25) is 0 Å². The summed E-state index contributed by atoms with van der Waals surface area (Å²) in [5, 5.41) is 20.3. The van der Waals surface area contributed by atoms with Crippen molar-refractivity contribution in [2.75, 3.05) is 0 Å². The van der Waals surface area contributed by atoms with Crippen molar-refractivity contribution in [2.45, 2.75) is 70.5 Å². The van der Waals surface area contributed by atoms with Crippen molar-refractivity contribution in [2.24, 2.45) is 29.1 Å². The maximum Gasteiger partial charge on any atom is 0.0596 e. The minimum Gasteiger partial charge on any atom is -0.393 e. The number of aliphatic hydroxyl groups is 2. The molecule has 0 spiro atoms. The Kier molecular flexibility index (Phi) is 3.05. The maximum absolute atomic E-state index is 10.4. The first-order valence-corrected chi connectivity index (χ1v) is 8.64. The summed E-state index contributed by atoms with van der Waals surface area (Å²) in [6.45, 7) is 2.34. The number of hydrogen-bond donors (Lipinski definition) is 2. The zero-order valence-electron chi connectivity index (χ0n) is 12.6. The fourth-order valence-electron chi connectivity index (χ4n) is 6.22. The molecule has 2 heteroatoms. The molecule has 0 radical (unpaired) electrons. The van der Waals surface area contributed by atoms with Crippen LogP contribution in [-0.2, 0) is 0 Å². The molecule has 4 aliphatic carbocycles. The Balaban J connectivity index is 1.62. The number of allylic oxidation sites excluding steroid dienone is 1. The molecule has 0 amide bonds. The summed E-state index contributed by atoms with van der Waals surface area (Å²) in [4.78, 5) is 0. The van der Waals surface area contributed by atoms with E-state index in [0.29, 0.717) is 0 Å². The van der Waals surface area contributed by atoms with E-state index < -0.39 is 0 Å². The van der Waals surface area contributed by atoms with E-state index in [1.165, 1.54) is 32.1 Å². The van der Waals surface area contributed by atoms with Crippen molar-refractivity contribution in [1.29, 1.82) is 0 Å². The van der Waals surface area contributed by atoms with Gasteiger partial charge in [0, 0.05) is 0 Å². The standard InChI is InChI=1S/C18H28O2/c1-18-9-8-14-13-5-3-12(19)10-11(13)2-4-15(14)16(18)6-7-17(18)20/h2,12-17,19-20H,3-10H2,1H3/t12-,13+,14-,15-,16+,17-,18+/m1/s1. The molecule has 0 aliphatic heterocycles. The van der Waals surface area contributed by atoms with E-state index in [0.717, 1.165) is 42.9 Å². The van der Waals surface area contributed by atoms with Crippen molar-refractivity contribution in [1.82, 2.24) is 0 Å². The Morgan fingerprint density at radius 1 is 1.05 bits per heavy atom. The lowest BCUT2D eigenvalue weighted by atomic mass is 9.53. The van der Waals surface area contributed by atoms with Gasteiger partial charge in [0.25, 0.3) is 0 Å². The second-order valence-corrected chi connectivity index (χ2v) is 8.13. The molecule has 4 aliphatic rings. The van der Waals surface area contributed by atoms with Crippen molar-refractivity contribution < 1.29 is 10.2 Å². The van der Waals surface area contributed by atoms with Crippen LogP contribution in [0.4, 0.5) is 0 Å². The number of rotatable bonds is 0. The van der Waals surface area contributed by atoms with E-state index in [9.17, 15) is 10.2 Å². The Bertz CT molecular complexity index is 429. The molecule has 0 aromatic heterocycles. The predicted molar refractivity (Wildman–Crippen MR) is 79.1 cm³/mol. The van der Waals surface area contributed by atoms with Gasteiger partial charge in [-0.05, 0) is 80.5 Å². The Hall–Kier alpha value is -0.340. The van der Waals surface area contributed by atoms with Crippen molar-refractivity contribution in [3.63, 3.8) is 0 Å². The second kappa shape index (κ2) is 4.58. The largest absolute Gasteiger partial charge is 0.393 e. The minimum absolute atomic E-state index is 0.0630. The molecule has 112 valence electrons. The van der Waals surface area contributed by atoms with Crippen LogP contribution >= 0.6 is 0 Å². The quantitative estimate of drug-likeness (QED) is 0.667. The Morgan fingerprint density at radius 2 is 1.90 bits per heavy atom. The maximum atomic E-state index is 10.4.